The average Bonchev–Trinajstić information content (AvgIpc) is 3.04. The molecule has 0 aliphatic rings. The summed E-state index contributed by atoms with van der Waals surface area (Å²) < 4.78 is 5.99. The molecule has 1 aromatic heterocycles. The monoisotopic (exact) mass is 340 g/mol. The zero-order valence-corrected chi connectivity index (χ0v) is 14.8. The van der Waals surface area contributed by atoms with Crippen LogP contribution in [0.1, 0.15) is 33.9 Å². The van der Waals surface area contributed by atoms with Gasteiger partial charge < -0.3 is 4.74 Å². The van der Waals surface area contributed by atoms with Gasteiger partial charge in [0.1, 0.15) is 5.01 Å². The molecule has 0 unspecified atom stereocenters. The Kier molecular flexibility index (Phi) is 4.92. The predicted molar refractivity (Wildman–Crippen MR) is 97.3 cm³/mol. The first-order valence-corrected chi connectivity index (χ1v) is 8.63. The summed E-state index contributed by atoms with van der Waals surface area (Å²) in [5, 5.41) is 1.10. The Balaban J connectivity index is 1.76. The smallest absolute Gasteiger partial charge is 0.337 e. The number of benzene rings is 2. The molecule has 0 radical (unpaired) electrons. The van der Waals surface area contributed by atoms with Crippen molar-refractivity contribution in [2.24, 2.45) is 0 Å². The molecule has 3 aromatic rings. The highest BCUT2D eigenvalue weighted by Crippen LogP contribution is 2.29. The van der Waals surface area contributed by atoms with E-state index in [2.05, 4.69) is 24.9 Å². The Morgan fingerprint density at radius 3 is 2.79 bits per heavy atom. The molecule has 2 aromatic carbocycles. The van der Waals surface area contributed by atoms with Gasteiger partial charge in [0.2, 0.25) is 0 Å². The van der Waals surface area contributed by atoms with Crippen molar-refractivity contribution in [2.45, 2.75) is 19.5 Å². The fourth-order valence-electron chi connectivity index (χ4n) is 2.60. The molecule has 0 spiro atoms. The highest BCUT2D eigenvalue weighted by atomic mass is 32.1. The first kappa shape index (κ1) is 16.6. The third-order valence-corrected chi connectivity index (χ3v) is 5.32. The largest absolute Gasteiger partial charge is 0.465 e. The molecule has 0 saturated heterocycles. The molecule has 0 bridgehead atoms. The van der Waals surface area contributed by atoms with E-state index in [1.54, 1.807) is 17.4 Å². The van der Waals surface area contributed by atoms with Gasteiger partial charge in [-0.25, -0.2) is 9.78 Å². The highest BCUT2D eigenvalue weighted by molar-refractivity contribution is 7.18. The highest BCUT2D eigenvalue weighted by Gasteiger charge is 2.17. The van der Waals surface area contributed by atoms with Crippen LogP contribution in [0.4, 0.5) is 0 Å². The summed E-state index contributed by atoms with van der Waals surface area (Å²) in [6.45, 7) is 2.89. The number of fused-ring (bicyclic) bond motifs is 1. The number of nitrogens with zero attached hydrogens (tertiary/aromatic N) is 2. The maximum atomic E-state index is 11.7. The number of methoxy groups -OCH3 is 1. The fraction of sp³-hybridized carbons (Fsp3) is 0.263. The zero-order chi connectivity index (χ0) is 17.1. The van der Waals surface area contributed by atoms with Crippen molar-refractivity contribution >= 4 is 27.5 Å². The van der Waals surface area contributed by atoms with Gasteiger partial charge in [0.15, 0.2) is 0 Å². The Morgan fingerprint density at radius 1 is 1.25 bits per heavy atom. The summed E-state index contributed by atoms with van der Waals surface area (Å²) >= 11 is 1.73. The molecule has 0 aliphatic heterocycles. The molecule has 5 heteroatoms. The number of rotatable bonds is 5. The zero-order valence-electron chi connectivity index (χ0n) is 14.0. The van der Waals surface area contributed by atoms with Crippen molar-refractivity contribution in [1.82, 2.24) is 9.88 Å². The van der Waals surface area contributed by atoms with Crippen LogP contribution in [0.2, 0.25) is 0 Å². The van der Waals surface area contributed by atoms with E-state index in [1.807, 2.05) is 36.4 Å². The van der Waals surface area contributed by atoms with Crippen molar-refractivity contribution < 1.29 is 9.53 Å². The minimum absolute atomic E-state index is 0.198. The molecule has 0 amide bonds. The van der Waals surface area contributed by atoms with Crippen molar-refractivity contribution in [2.75, 3.05) is 14.2 Å². The number of esters is 1. The van der Waals surface area contributed by atoms with E-state index < -0.39 is 0 Å². The molecule has 0 saturated carbocycles. The quantitative estimate of drug-likeness (QED) is 0.650. The minimum Gasteiger partial charge on any atom is -0.465 e. The molecule has 3 rings (SSSR count). The van der Waals surface area contributed by atoms with Crippen LogP contribution in [0.5, 0.6) is 0 Å². The Bertz CT molecular complexity index is 826. The van der Waals surface area contributed by atoms with E-state index in [0.29, 0.717) is 5.56 Å². The molecular weight excluding hydrogens is 320 g/mol. The number of carbonyl (C=O) groups excluding carboxylic acids is 1. The number of hydrogen-bond donors (Lipinski definition) is 0. The third-order valence-electron chi connectivity index (χ3n) is 4.11. The van der Waals surface area contributed by atoms with Crippen LogP contribution in [0.15, 0.2) is 48.5 Å². The number of para-hydroxylation sites is 1. The molecule has 4 nitrogen and oxygen atoms in total. The van der Waals surface area contributed by atoms with E-state index in [4.69, 9.17) is 9.72 Å². The molecule has 1 atom stereocenters. The van der Waals surface area contributed by atoms with Gasteiger partial charge in [0, 0.05) is 6.54 Å². The fourth-order valence-corrected chi connectivity index (χ4v) is 3.68. The number of thiazole rings is 1. The van der Waals surface area contributed by atoms with Crippen LogP contribution < -0.4 is 0 Å². The normalized spacial score (nSPS) is 12.5. The summed E-state index contributed by atoms with van der Waals surface area (Å²) in [7, 11) is 3.47. The summed E-state index contributed by atoms with van der Waals surface area (Å²) in [5.41, 5.74) is 2.70. The van der Waals surface area contributed by atoms with E-state index in [9.17, 15) is 4.79 Å². The molecule has 0 fully saturated rings. The SMILES string of the molecule is COC(=O)c1cccc(CN(C)[C@@H](C)c2nc3ccccc3s2)c1. The first-order chi connectivity index (χ1) is 11.6. The van der Waals surface area contributed by atoms with Gasteiger partial charge >= 0.3 is 5.97 Å². The number of ether oxygens (including phenoxy) is 1. The first-order valence-electron chi connectivity index (χ1n) is 7.81. The van der Waals surface area contributed by atoms with E-state index in [-0.39, 0.29) is 12.0 Å². The van der Waals surface area contributed by atoms with Gasteiger partial charge in [-0.2, -0.15) is 0 Å². The molecule has 1 heterocycles. The standard InChI is InChI=1S/C19H20N2O2S/c1-13(18-20-16-9-4-5-10-17(16)24-18)21(2)12-14-7-6-8-15(11-14)19(22)23-3/h4-11,13H,12H2,1-3H3/t13-/m0/s1. The lowest BCUT2D eigenvalue weighted by Crippen LogP contribution is -2.22. The molecule has 24 heavy (non-hydrogen) atoms. The van der Waals surface area contributed by atoms with E-state index in [1.165, 1.54) is 11.8 Å². The van der Waals surface area contributed by atoms with Crippen LogP contribution in [0.25, 0.3) is 10.2 Å². The topological polar surface area (TPSA) is 42.4 Å². The lowest BCUT2D eigenvalue weighted by atomic mass is 10.1. The van der Waals surface area contributed by atoms with Crippen molar-refractivity contribution in [3.63, 3.8) is 0 Å². The summed E-state index contributed by atoms with van der Waals surface area (Å²) in [4.78, 5) is 18.6. The van der Waals surface area contributed by atoms with E-state index in [0.717, 1.165) is 22.6 Å². The minimum atomic E-state index is -0.307. The summed E-state index contributed by atoms with van der Waals surface area (Å²) in [5.74, 6) is -0.307. The van der Waals surface area contributed by atoms with Gasteiger partial charge in [-0.3, -0.25) is 4.90 Å². The second-order valence-corrected chi connectivity index (χ2v) is 6.87. The lowest BCUT2D eigenvalue weighted by molar-refractivity contribution is 0.0600. The molecule has 124 valence electrons. The van der Waals surface area contributed by atoms with Crippen molar-refractivity contribution in [3.8, 4) is 0 Å². The second-order valence-electron chi connectivity index (χ2n) is 5.80. The number of hydrogen-bond acceptors (Lipinski definition) is 5. The van der Waals surface area contributed by atoms with Crippen molar-refractivity contribution in [3.05, 3.63) is 64.7 Å². The van der Waals surface area contributed by atoms with Crippen LogP contribution in [0.3, 0.4) is 0 Å². The Morgan fingerprint density at radius 2 is 2.04 bits per heavy atom. The molecular formula is C19H20N2O2S. The number of carbonyl (C=O) groups is 1. The van der Waals surface area contributed by atoms with Gasteiger partial charge in [-0.15, -0.1) is 11.3 Å². The second kappa shape index (κ2) is 7.11. The lowest BCUT2D eigenvalue weighted by Gasteiger charge is -2.23. The van der Waals surface area contributed by atoms with Crippen molar-refractivity contribution in [1.29, 1.82) is 0 Å². The Hall–Kier alpha value is -2.24. The van der Waals surface area contributed by atoms with Crippen LogP contribution in [0, 0.1) is 0 Å². The molecule has 0 N–H and O–H groups in total. The maximum absolute atomic E-state index is 11.7. The van der Waals surface area contributed by atoms with Crippen LogP contribution in [-0.4, -0.2) is 30.0 Å². The third kappa shape index (κ3) is 3.47. The predicted octanol–water partition coefficient (Wildman–Crippen LogP) is 4.28. The number of aromatic nitrogens is 1. The Labute approximate surface area is 145 Å². The van der Waals surface area contributed by atoms with Gasteiger partial charge in [0.25, 0.3) is 0 Å². The van der Waals surface area contributed by atoms with Gasteiger partial charge in [-0.1, -0.05) is 24.3 Å². The van der Waals surface area contributed by atoms with Crippen LogP contribution >= 0.6 is 11.3 Å². The van der Waals surface area contributed by atoms with Crippen LogP contribution in [-0.2, 0) is 11.3 Å². The summed E-state index contributed by atoms with van der Waals surface area (Å²) in [6, 6.07) is 16.0. The van der Waals surface area contributed by atoms with Gasteiger partial charge in [0.05, 0.1) is 28.9 Å². The maximum Gasteiger partial charge on any atom is 0.337 e. The van der Waals surface area contributed by atoms with E-state index >= 15 is 0 Å². The summed E-state index contributed by atoms with van der Waals surface area (Å²) in [6.07, 6.45) is 0. The molecule has 0 aliphatic carbocycles. The van der Waals surface area contributed by atoms with Gasteiger partial charge in [-0.05, 0) is 43.8 Å². The average molecular weight is 340 g/mol.